The van der Waals surface area contributed by atoms with Crippen molar-refractivity contribution in [2.75, 3.05) is 0 Å². The monoisotopic (exact) mass is 390 g/mol. The van der Waals surface area contributed by atoms with Crippen molar-refractivity contribution < 1.29 is 9.50 Å². The van der Waals surface area contributed by atoms with E-state index in [2.05, 4.69) is 22.6 Å². The van der Waals surface area contributed by atoms with Gasteiger partial charge in [0.1, 0.15) is 5.82 Å². The molecule has 2 aromatic rings. The smallest absolute Gasteiger partial charge is 0.127 e. The molecule has 1 N–H and O–H groups in total. The van der Waals surface area contributed by atoms with E-state index in [1.165, 1.54) is 6.07 Å². The molecule has 1 nitrogen and oxygen atoms in total. The van der Waals surface area contributed by atoms with Gasteiger partial charge in [-0.3, -0.25) is 0 Å². The number of halogens is 3. The molecule has 2 rings (SSSR count). The van der Waals surface area contributed by atoms with Crippen molar-refractivity contribution in [3.63, 3.8) is 0 Å². The van der Waals surface area contributed by atoms with Crippen LogP contribution in [0.25, 0.3) is 0 Å². The maximum Gasteiger partial charge on any atom is 0.127 e. The van der Waals surface area contributed by atoms with E-state index in [-0.39, 0.29) is 12.2 Å². The average Bonchev–Trinajstić information content (AvgIpc) is 2.37. The van der Waals surface area contributed by atoms with Crippen LogP contribution in [0.3, 0.4) is 0 Å². The highest BCUT2D eigenvalue weighted by molar-refractivity contribution is 14.1. The Hall–Kier alpha value is -0.650. The quantitative estimate of drug-likeness (QED) is 0.755. The molecule has 0 saturated heterocycles. The molecule has 0 aliphatic heterocycles. The Bertz CT molecular complexity index is 580. The SMILES string of the molecule is Cc1cccc(C(O)Cc2c(F)cccc2Cl)c1I. The number of hydrogen-bond donors (Lipinski definition) is 1. The van der Waals surface area contributed by atoms with Crippen molar-refractivity contribution in [2.45, 2.75) is 19.4 Å². The first kappa shape index (κ1) is 14.8. The van der Waals surface area contributed by atoms with Gasteiger partial charge in [0.2, 0.25) is 0 Å². The van der Waals surface area contributed by atoms with Crippen molar-refractivity contribution >= 4 is 34.2 Å². The Balaban J connectivity index is 2.31. The number of rotatable bonds is 3. The summed E-state index contributed by atoms with van der Waals surface area (Å²) in [4.78, 5) is 0. The van der Waals surface area contributed by atoms with Crippen LogP contribution in [0, 0.1) is 16.3 Å². The lowest BCUT2D eigenvalue weighted by atomic mass is 9.99. The standard InChI is InChI=1S/C15H13ClFIO/c1-9-4-2-5-10(15(9)18)14(19)8-11-12(16)6-3-7-13(11)17/h2-7,14,19H,8H2,1H3. The summed E-state index contributed by atoms with van der Waals surface area (Å²) in [5.74, 6) is -0.380. The van der Waals surface area contributed by atoms with Crippen LogP contribution < -0.4 is 0 Å². The summed E-state index contributed by atoms with van der Waals surface area (Å²) in [7, 11) is 0. The van der Waals surface area contributed by atoms with Gasteiger partial charge in [-0.1, -0.05) is 35.9 Å². The Morgan fingerprint density at radius 1 is 1.26 bits per heavy atom. The fourth-order valence-corrected chi connectivity index (χ4v) is 2.92. The second-order valence-corrected chi connectivity index (χ2v) is 5.88. The number of aliphatic hydroxyl groups excluding tert-OH is 1. The van der Waals surface area contributed by atoms with Gasteiger partial charge >= 0.3 is 0 Å². The molecule has 0 saturated carbocycles. The van der Waals surface area contributed by atoms with E-state index in [9.17, 15) is 9.50 Å². The maximum atomic E-state index is 13.7. The zero-order valence-electron chi connectivity index (χ0n) is 10.3. The number of aliphatic hydroxyl groups is 1. The third kappa shape index (κ3) is 3.27. The second-order valence-electron chi connectivity index (χ2n) is 4.40. The minimum absolute atomic E-state index is 0.172. The molecule has 0 bridgehead atoms. The highest BCUT2D eigenvalue weighted by atomic mass is 127. The molecular formula is C15H13ClFIO. The Kier molecular flexibility index (Phi) is 4.81. The van der Waals surface area contributed by atoms with Crippen LogP contribution in [0.1, 0.15) is 22.8 Å². The van der Waals surface area contributed by atoms with E-state index < -0.39 is 6.10 Å². The maximum absolute atomic E-state index is 13.7. The summed E-state index contributed by atoms with van der Waals surface area (Å²) < 4.78 is 14.7. The molecule has 0 fully saturated rings. The van der Waals surface area contributed by atoms with Crippen LogP contribution >= 0.6 is 34.2 Å². The molecule has 0 radical (unpaired) electrons. The van der Waals surface area contributed by atoms with Crippen LogP contribution in [0.2, 0.25) is 5.02 Å². The number of aryl methyl sites for hydroxylation is 1. The van der Waals surface area contributed by atoms with Gasteiger partial charge in [-0.25, -0.2) is 4.39 Å². The van der Waals surface area contributed by atoms with E-state index in [1.807, 2.05) is 25.1 Å². The zero-order chi connectivity index (χ0) is 14.0. The molecule has 100 valence electrons. The molecular weight excluding hydrogens is 378 g/mol. The summed E-state index contributed by atoms with van der Waals surface area (Å²) in [6, 6.07) is 10.3. The van der Waals surface area contributed by atoms with Gasteiger partial charge in [-0.15, -0.1) is 0 Å². The van der Waals surface area contributed by atoms with Crippen molar-refractivity contribution in [3.05, 3.63) is 67.5 Å². The summed E-state index contributed by atoms with van der Waals surface area (Å²) in [5, 5.41) is 10.6. The molecule has 4 heteroatoms. The van der Waals surface area contributed by atoms with Gasteiger partial charge in [0.25, 0.3) is 0 Å². The topological polar surface area (TPSA) is 20.2 Å². The van der Waals surface area contributed by atoms with Gasteiger partial charge < -0.3 is 5.11 Å². The number of hydrogen-bond acceptors (Lipinski definition) is 1. The fourth-order valence-electron chi connectivity index (χ4n) is 1.96. The van der Waals surface area contributed by atoms with E-state index in [0.29, 0.717) is 10.6 Å². The molecule has 0 heterocycles. The first-order valence-electron chi connectivity index (χ1n) is 5.86. The normalized spacial score (nSPS) is 12.5. The highest BCUT2D eigenvalue weighted by Gasteiger charge is 2.17. The third-order valence-corrected chi connectivity index (χ3v) is 4.87. The Morgan fingerprint density at radius 2 is 1.95 bits per heavy atom. The van der Waals surface area contributed by atoms with Crippen LogP contribution in [-0.4, -0.2) is 5.11 Å². The summed E-state index contributed by atoms with van der Waals surface area (Å²) in [6.07, 6.45) is -0.591. The van der Waals surface area contributed by atoms with Gasteiger partial charge in [0, 0.05) is 20.6 Å². The van der Waals surface area contributed by atoms with E-state index in [1.54, 1.807) is 12.1 Å². The molecule has 0 spiro atoms. The van der Waals surface area contributed by atoms with Crippen LogP contribution in [0.15, 0.2) is 36.4 Å². The summed E-state index contributed by atoms with van der Waals surface area (Å²) in [6.45, 7) is 1.98. The summed E-state index contributed by atoms with van der Waals surface area (Å²) in [5.41, 5.74) is 2.26. The van der Waals surface area contributed by atoms with E-state index in [0.717, 1.165) is 14.7 Å². The van der Waals surface area contributed by atoms with Crippen LogP contribution in [0.4, 0.5) is 4.39 Å². The highest BCUT2D eigenvalue weighted by Crippen LogP contribution is 2.29. The lowest BCUT2D eigenvalue weighted by Crippen LogP contribution is -2.06. The van der Waals surface area contributed by atoms with Gasteiger partial charge in [-0.2, -0.15) is 0 Å². The van der Waals surface area contributed by atoms with Crippen molar-refractivity contribution in [1.82, 2.24) is 0 Å². The molecule has 0 amide bonds. The molecule has 0 aliphatic rings. The largest absolute Gasteiger partial charge is 0.388 e. The Labute approximate surface area is 130 Å². The third-order valence-electron chi connectivity index (χ3n) is 3.04. The minimum atomic E-state index is -0.763. The molecule has 2 aromatic carbocycles. The van der Waals surface area contributed by atoms with Gasteiger partial charge in [0.15, 0.2) is 0 Å². The minimum Gasteiger partial charge on any atom is -0.388 e. The molecule has 19 heavy (non-hydrogen) atoms. The first-order valence-corrected chi connectivity index (χ1v) is 7.32. The fraction of sp³-hybridized carbons (Fsp3) is 0.200. The van der Waals surface area contributed by atoms with E-state index in [4.69, 9.17) is 11.6 Å². The predicted molar refractivity (Wildman–Crippen MR) is 84.0 cm³/mol. The molecule has 0 aromatic heterocycles. The number of benzene rings is 2. The lowest BCUT2D eigenvalue weighted by molar-refractivity contribution is 0.176. The molecule has 1 unspecified atom stereocenters. The van der Waals surface area contributed by atoms with Gasteiger partial charge in [-0.05, 0) is 52.8 Å². The van der Waals surface area contributed by atoms with Crippen LogP contribution in [0.5, 0.6) is 0 Å². The zero-order valence-corrected chi connectivity index (χ0v) is 13.2. The van der Waals surface area contributed by atoms with Crippen molar-refractivity contribution in [2.24, 2.45) is 0 Å². The molecule has 1 atom stereocenters. The molecule has 0 aliphatic carbocycles. The lowest BCUT2D eigenvalue weighted by Gasteiger charge is -2.15. The van der Waals surface area contributed by atoms with Gasteiger partial charge in [0.05, 0.1) is 6.10 Å². The van der Waals surface area contributed by atoms with Crippen LogP contribution in [-0.2, 0) is 6.42 Å². The van der Waals surface area contributed by atoms with Crippen molar-refractivity contribution in [3.8, 4) is 0 Å². The predicted octanol–water partition coefficient (Wildman–Crippen LogP) is 4.67. The first-order chi connectivity index (χ1) is 9.00. The summed E-state index contributed by atoms with van der Waals surface area (Å²) >= 11 is 8.17. The Morgan fingerprint density at radius 3 is 2.63 bits per heavy atom. The van der Waals surface area contributed by atoms with E-state index >= 15 is 0 Å². The second kappa shape index (κ2) is 6.20. The average molecular weight is 391 g/mol. The van der Waals surface area contributed by atoms with Crippen molar-refractivity contribution in [1.29, 1.82) is 0 Å².